The number of benzene rings is 1. The summed E-state index contributed by atoms with van der Waals surface area (Å²) in [6.07, 6.45) is -0.110. The molecule has 0 unspecified atom stereocenters. The van der Waals surface area contributed by atoms with Gasteiger partial charge in [-0.2, -0.15) is 0 Å². The lowest BCUT2D eigenvalue weighted by Gasteiger charge is -2.66. The molecular formula is C29H36O7. The first-order chi connectivity index (χ1) is 17.0. The van der Waals surface area contributed by atoms with E-state index in [2.05, 4.69) is 20.4 Å². The minimum atomic E-state index is -1.53. The summed E-state index contributed by atoms with van der Waals surface area (Å²) in [4.78, 5) is 39.3. The molecule has 2 bridgehead atoms. The largest absolute Gasteiger partial charge is 0.465 e. The van der Waals surface area contributed by atoms with Crippen LogP contribution in [-0.4, -0.2) is 52.9 Å². The van der Waals surface area contributed by atoms with E-state index >= 15 is 0 Å². The Balaban J connectivity index is 1.66. The maximum atomic E-state index is 14.1. The first-order valence-electron chi connectivity index (χ1n) is 13.0. The maximum absolute atomic E-state index is 14.1. The molecule has 0 aliphatic heterocycles. The quantitative estimate of drug-likeness (QED) is 0.485. The second-order valence-corrected chi connectivity index (χ2v) is 12.0. The Kier molecular flexibility index (Phi) is 5.95. The van der Waals surface area contributed by atoms with Crippen LogP contribution >= 0.6 is 0 Å². The van der Waals surface area contributed by atoms with Crippen molar-refractivity contribution in [1.82, 2.24) is 0 Å². The van der Waals surface area contributed by atoms with Crippen LogP contribution in [0.2, 0.25) is 0 Å². The van der Waals surface area contributed by atoms with Crippen LogP contribution in [0, 0.1) is 34.0 Å². The summed E-state index contributed by atoms with van der Waals surface area (Å²) < 4.78 is 11.7. The molecule has 36 heavy (non-hydrogen) atoms. The normalized spacial score (nSPS) is 40.7. The molecule has 194 valence electrons. The Labute approximate surface area is 211 Å². The Morgan fingerprint density at radius 2 is 1.81 bits per heavy atom. The highest BCUT2D eigenvalue weighted by atomic mass is 16.5. The smallest absolute Gasteiger partial charge is 0.338 e. The first-order valence-corrected chi connectivity index (χ1v) is 13.0. The monoisotopic (exact) mass is 496 g/mol. The minimum absolute atomic E-state index is 0.0520. The number of aliphatic hydroxyl groups is 2. The van der Waals surface area contributed by atoms with Crippen LogP contribution in [-0.2, 0) is 19.1 Å². The van der Waals surface area contributed by atoms with E-state index in [-0.39, 0.29) is 35.7 Å². The summed E-state index contributed by atoms with van der Waals surface area (Å²) >= 11 is 0. The molecule has 4 saturated carbocycles. The summed E-state index contributed by atoms with van der Waals surface area (Å²) in [5, 5.41) is 23.5. The molecule has 7 nitrogen and oxygen atoms in total. The molecule has 0 heterocycles. The fourth-order valence-electron chi connectivity index (χ4n) is 8.58. The Hall–Kier alpha value is -2.51. The highest BCUT2D eigenvalue weighted by Crippen LogP contribution is 2.71. The number of carbonyl (C=O) groups is 3. The zero-order valence-electron chi connectivity index (χ0n) is 21.2. The standard InChI is InChI=1S/C29H36O7/c1-16-19-13-20(31)23-28(15-35-17(2)30)12-8-11-27(3,4)21(28)14-22(32)29(23,24(16)33)25(19)36-26(34)18-9-6-5-7-10-18/h5-7,9-10,19-23,25,31-32H,1,8,11-15H2,2-4H3/t19-,20+,21-,22-,23+,25-,28+,29-/m1/s1. The molecule has 4 aliphatic carbocycles. The van der Waals surface area contributed by atoms with E-state index in [1.165, 1.54) is 6.92 Å². The number of hydrogen-bond donors (Lipinski definition) is 2. The second-order valence-electron chi connectivity index (χ2n) is 12.0. The topological polar surface area (TPSA) is 110 Å². The average Bonchev–Trinajstić information content (AvgIpc) is 2.96. The molecule has 1 aromatic carbocycles. The summed E-state index contributed by atoms with van der Waals surface area (Å²) in [5.74, 6) is -2.75. The lowest BCUT2D eigenvalue weighted by molar-refractivity contribution is -0.264. The molecule has 7 heteroatoms. The van der Waals surface area contributed by atoms with Gasteiger partial charge in [0.05, 0.1) is 24.4 Å². The number of esters is 2. The number of fused-ring (bicyclic) bond motifs is 3. The van der Waals surface area contributed by atoms with Crippen molar-refractivity contribution in [2.75, 3.05) is 6.61 Å². The third kappa shape index (κ3) is 3.35. The van der Waals surface area contributed by atoms with Crippen molar-refractivity contribution < 1.29 is 34.1 Å². The van der Waals surface area contributed by atoms with Crippen molar-refractivity contribution in [2.24, 2.45) is 34.0 Å². The molecule has 0 saturated heterocycles. The van der Waals surface area contributed by atoms with E-state index < -0.39 is 52.9 Å². The molecule has 0 radical (unpaired) electrons. The highest BCUT2D eigenvalue weighted by Gasteiger charge is 2.78. The summed E-state index contributed by atoms with van der Waals surface area (Å²) in [5.41, 5.74) is -1.84. The maximum Gasteiger partial charge on any atom is 0.338 e. The first kappa shape index (κ1) is 25.2. The molecule has 0 amide bonds. The van der Waals surface area contributed by atoms with Gasteiger partial charge in [0.15, 0.2) is 5.78 Å². The van der Waals surface area contributed by atoms with Gasteiger partial charge in [-0.05, 0) is 54.7 Å². The zero-order chi connectivity index (χ0) is 26.0. The Morgan fingerprint density at radius 1 is 1.11 bits per heavy atom. The fourth-order valence-corrected chi connectivity index (χ4v) is 8.58. The molecule has 1 spiro atoms. The number of Topliss-reactive ketones (excluding diaryl/α,β-unsaturated/α-hetero) is 1. The van der Waals surface area contributed by atoms with Crippen molar-refractivity contribution in [2.45, 2.75) is 71.2 Å². The van der Waals surface area contributed by atoms with Gasteiger partial charge in [-0.25, -0.2) is 4.79 Å². The van der Waals surface area contributed by atoms with Gasteiger partial charge in [0.1, 0.15) is 11.5 Å². The van der Waals surface area contributed by atoms with Crippen LogP contribution in [0.4, 0.5) is 0 Å². The average molecular weight is 497 g/mol. The van der Waals surface area contributed by atoms with Gasteiger partial charge in [-0.1, -0.05) is 45.0 Å². The van der Waals surface area contributed by atoms with Crippen molar-refractivity contribution in [3.8, 4) is 0 Å². The lowest BCUT2D eigenvalue weighted by atomic mass is 9.39. The minimum Gasteiger partial charge on any atom is -0.465 e. The summed E-state index contributed by atoms with van der Waals surface area (Å²) in [7, 11) is 0. The van der Waals surface area contributed by atoms with Gasteiger partial charge >= 0.3 is 11.9 Å². The third-order valence-electron chi connectivity index (χ3n) is 9.88. The van der Waals surface area contributed by atoms with Crippen LogP contribution in [0.5, 0.6) is 0 Å². The van der Waals surface area contributed by atoms with E-state index in [9.17, 15) is 24.6 Å². The molecule has 4 fully saturated rings. The lowest BCUT2D eigenvalue weighted by Crippen LogP contribution is -2.72. The molecule has 2 N–H and O–H groups in total. The zero-order valence-corrected chi connectivity index (χ0v) is 21.2. The van der Waals surface area contributed by atoms with E-state index in [1.54, 1.807) is 30.3 Å². The van der Waals surface area contributed by atoms with Crippen molar-refractivity contribution in [3.05, 3.63) is 48.0 Å². The van der Waals surface area contributed by atoms with Crippen LogP contribution in [0.1, 0.15) is 63.2 Å². The Morgan fingerprint density at radius 3 is 2.47 bits per heavy atom. The second kappa shape index (κ2) is 8.52. The molecule has 5 rings (SSSR count). The number of carbonyl (C=O) groups excluding carboxylic acids is 3. The molecule has 8 atom stereocenters. The number of rotatable bonds is 4. The van der Waals surface area contributed by atoms with E-state index in [4.69, 9.17) is 9.47 Å². The third-order valence-corrected chi connectivity index (χ3v) is 9.88. The van der Waals surface area contributed by atoms with Crippen molar-refractivity contribution >= 4 is 17.7 Å². The highest BCUT2D eigenvalue weighted by molar-refractivity contribution is 6.05. The molecule has 1 aromatic rings. The van der Waals surface area contributed by atoms with Gasteiger partial charge in [-0.15, -0.1) is 0 Å². The van der Waals surface area contributed by atoms with Gasteiger partial charge in [-0.3, -0.25) is 9.59 Å². The van der Waals surface area contributed by atoms with Gasteiger partial charge in [0.2, 0.25) is 0 Å². The number of aliphatic hydroxyl groups excluding tert-OH is 2. The summed E-state index contributed by atoms with van der Waals surface area (Å²) in [6.45, 7) is 9.74. The van der Waals surface area contributed by atoms with Crippen LogP contribution in [0.25, 0.3) is 0 Å². The van der Waals surface area contributed by atoms with Crippen LogP contribution in [0.3, 0.4) is 0 Å². The molecule has 4 aliphatic rings. The summed E-state index contributed by atoms with van der Waals surface area (Å²) in [6, 6.07) is 8.56. The van der Waals surface area contributed by atoms with E-state index in [0.717, 1.165) is 12.8 Å². The SMILES string of the molecule is C=C1C(=O)[C@@]23[C@H](O)C[C@@H]4C(C)(C)CCC[C@@]4(COC(C)=O)[C@@H]2[C@@H](O)C[C@H]1[C@H]3OC(=O)c1ccccc1. The van der Waals surface area contributed by atoms with E-state index in [0.29, 0.717) is 18.4 Å². The number of hydrogen-bond acceptors (Lipinski definition) is 7. The van der Waals surface area contributed by atoms with Crippen LogP contribution in [0.15, 0.2) is 42.5 Å². The molecule has 0 aromatic heterocycles. The van der Waals surface area contributed by atoms with Crippen LogP contribution < -0.4 is 0 Å². The van der Waals surface area contributed by atoms with Crippen molar-refractivity contribution in [3.63, 3.8) is 0 Å². The predicted molar refractivity (Wildman–Crippen MR) is 131 cm³/mol. The molecular weight excluding hydrogens is 460 g/mol. The van der Waals surface area contributed by atoms with Crippen molar-refractivity contribution in [1.29, 1.82) is 0 Å². The van der Waals surface area contributed by atoms with E-state index in [1.807, 2.05) is 0 Å². The fraction of sp³-hybridized carbons (Fsp3) is 0.621. The van der Waals surface area contributed by atoms with Gasteiger partial charge in [0, 0.05) is 24.2 Å². The predicted octanol–water partition coefficient (Wildman–Crippen LogP) is 3.47. The Bertz CT molecular complexity index is 1090. The van der Waals surface area contributed by atoms with Gasteiger partial charge < -0.3 is 19.7 Å². The number of ether oxygens (including phenoxy) is 2. The van der Waals surface area contributed by atoms with Gasteiger partial charge in [0.25, 0.3) is 0 Å². The number of ketones is 1.